The van der Waals surface area contributed by atoms with Crippen molar-refractivity contribution in [2.45, 2.75) is 39.7 Å². The van der Waals surface area contributed by atoms with Crippen molar-refractivity contribution in [3.05, 3.63) is 27.4 Å². The number of aryl methyl sites for hydroxylation is 2. The summed E-state index contributed by atoms with van der Waals surface area (Å²) in [6, 6.07) is 0. The molecule has 96 valence electrons. The van der Waals surface area contributed by atoms with Crippen LogP contribution in [0.15, 0.2) is 4.79 Å². The summed E-state index contributed by atoms with van der Waals surface area (Å²) in [5.41, 5.74) is 1.76. The maximum Gasteiger partial charge on any atom is 0.256 e. The third-order valence-corrected chi connectivity index (χ3v) is 3.44. The highest BCUT2D eigenvalue weighted by atomic mass is 35.5. The van der Waals surface area contributed by atoms with E-state index in [4.69, 9.17) is 11.6 Å². The summed E-state index contributed by atoms with van der Waals surface area (Å²) in [7, 11) is 0. The van der Waals surface area contributed by atoms with Crippen molar-refractivity contribution in [1.82, 2.24) is 9.55 Å². The van der Waals surface area contributed by atoms with Crippen LogP contribution in [0, 0.1) is 12.8 Å². The van der Waals surface area contributed by atoms with Gasteiger partial charge in [-0.1, -0.05) is 6.92 Å². The van der Waals surface area contributed by atoms with Gasteiger partial charge >= 0.3 is 0 Å². The van der Waals surface area contributed by atoms with E-state index >= 15 is 0 Å². The smallest absolute Gasteiger partial charge is 0.256 e. The lowest BCUT2D eigenvalue weighted by Gasteiger charge is -2.23. The summed E-state index contributed by atoms with van der Waals surface area (Å²) in [4.78, 5) is 16.8. The topological polar surface area (TPSA) is 34.9 Å². The first kappa shape index (κ1) is 14.5. The third kappa shape index (κ3) is 2.83. The van der Waals surface area contributed by atoms with Gasteiger partial charge in [-0.15, -0.1) is 24.0 Å². The van der Waals surface area contributed by atoms with Gasteiger partial charge in [0.25, 0.3) is 5.56 Å². The van der Waals surface area contributed by atoms with E-state index in [9.17, 15) is 4.79 Å². The molecule has 1 aliphatic heterocycles. The maximum atomic E-state index is 12.2. The van der Waals surface area contributed by atoms with Crippen LogP contribution in [0.1, 0.15) is 30.4 Å². The van der Waals surface area contributed by atoms with Crippen molar-refractivity contribution in [2.75, 3.05) is 5.88 Å². The zero-order valence-electron chi connectivity index (χ0n) is 10.2. The summed E-state index contributed by atoms with van der Waals surface area (Å²) in [6.45, 7) is 4.88. The van der Waals surface area contributed by atoms with Gasteiger partial charge in [0.1, 0.15) is 5.82 Å². The maximum absolute atomic E-state index is 12.2. The van der Waals surface area contributed by atoms with Gasteiger partial charge < -0.3 is 0 Å². The fourth-order valence-corrected chi connectivity index (χ4v) is 2.49. The molecule has 0 radical (unpaired) electrons. The molecule has 2 heterocycles. The zero-order chi connectivity index (χ0) is 11.7. The zero-order valence-corrected chi connectivity index (χ0v) is 11.8. The number of nitrogens with zero attached hydrogens (tertiary/aromatic N) is 2. The Balaban J connectivity index is 0.00000144. The molecule has 1 aromatic rings. The highest BCUT2D eigenvalue weighted by Gasteiger charge is 2.19. The van der Waals surface area contributed by atoms with Crippen LogP contribution in [0.4, 0.5) is 0 Å². The Hall–Kier alpha value is -0.540. The fraction of sp³-hybridized carbons (Fsp3) is 0.667. The highest BCUT2D eigenvalue weighted by molar-refractivity contribution is 6.17. The minimum absolute atomic E-state index is 0. The van der Waals surface area contributed by atoms with Crippen molar-refractivity contribution >= 4 is 24.0 Å². The summed E-state index contributed by atoms with van der Waals surface area (Å²) >= 11 is 5.72. The average molecular weight is 277 g/mol. The second-order valence-corrected chi connectivity index (χ2v) is 4.97. The van der Waals surface area contributed by atoms with Crippen LogP contribution in [0.25, 0.3) is 0 Å². The van der Waals surface area contributed by atoms with Gasteiger partial charge in [0.05, 0.1) is 0 Å². The summed E-state index contributed by atoms with van der Waals surface area (Å²) in [6.07, 6.45) is 2.66. The Morgan fingerprint density at radius 3 is 2.88 bits per heavy atom. The third-order valence-electron chi connectivity index (χ3n) is 3.25. The first-order valence-corrected chi connectivity index (χ1v) is 6.32. The summed E-state index contributed by atoms with van der Waals surface area (Å²) in [5.74, 6) is 1.99. The molecule has 1 aromatic heterocycles. The van der Waals surface area contributed by atoms with E-state index < -0.39 is 0 Å². The number of hydrogen-bond acceptors (Lipinski definition) is 2. The molecule has 3 nitrogen and oxygen atoms in total. The molecule has 1 unspecified atom stereocenters. The van der Waals surface area contributed by atoms with Gasteiger partial charge in [0.15, 0.2) is 0 Å². The second kappa shape index (κ2) is 5.87. The van der Waals surface area contributed by atoms with Crippen LogP contribution < -0.4 is 5.56 Å². The van der Waals surface area contributed by atoms with Crippen LogP contribution in [0.5, 0.6) is 0 Å². The van der Waals surface area contributed by atoms with Gasteiger partial charge in [-0.05, 0) is 25.7 Å². The lowest BCUT2D eigenvalue weighted by atomic mass is 10.0. The van der Waals surface area contributed by atoms with Gasteiger partial charge in [0, 0.05) is 30.1 Å². The molecule has 0 aromatic carbocycles. The van der Waals surface area contributed by atoms with Crippen molar-refractivity contribution < 1.29 is 0 Å². The summed E-state index contributed by atoms with van der Waals surface area (Å²) in [5, 5.41) is 0. The van der Waals surface area contributed by atoms with E-state index in [1.165, 1.54) is 0 Å². The predicted molar refractivity (Wildman–Crippen MR) is 72.4 cm³/mol. The number of alkyl halides is 1. The standard InChI is InChI=1S/C12H17ClN2O.ClH/c1-8-3-4-11-14-9(2)10(5-6-13)12(16)15(11)7-8;/h8H,3-7H2,1-2H3;1H. The molecule has 0 aliphatic carbocycles. The Bertz CT molecular complexity index is 457. The lowest BCUT2D eigenvalue weighted by molar-refractivity contribution is 0.376. The molecule has 0 amide bonds. The monoisotopic (exact) mass is 276 g/mol. The van der Waals surface area contributed by atoms with E-state index in [1.54, 1.807) is 0 Å². The molecule has 1 aliphatic rings. The Morgan fingerprint density at radius 1 is 1.53 bits per heavy atom. The Morgan fingerprint density at radius 2 is 2.24 bits per heavy atom. The van der Waals surface area contributed by atoms with E-state index in [-0.39, 0.29) is 18.0 Å². The SMILES string of the molecule is Cc1nc2n(c(=O)c1CCCl)CC(C)CC2.Cl. The molecule has 5 heteroatoms. The van der Waals surface area contributed by atoms with Crippen molar-refractivity contribution in [3.8, 4) is 0 Å². The van der Waals surface area contributed by atoms with Gasteiger partial charge in [0.2, 0.25) is 0 Å². The number of aromatic nitrogens is 2. The second-order valence-electron chi connectivity index (χ2n) is 4.59. The summed E-state index contributed by atoms with van der Waals surface area (Å²) < 4.78 is 1.84. The number of rotatable bonds is 2. The highest BCUT2D eigenvalue weighted by Crippen LogP contribution is 2.17. The van der Waals surface area contributed by atoms with Crippen molar-refractivity contribution in [2.24, 2.45) is 5.92 Å². The van der Waals surface area contributed by atoms with Crippen LogP contribution in [-0.4, -0.2) is 15.4 Å². The molecule has 0 N–H and O–H groups in total. The van der Waals surface area contributed by atoms with E-state index in [2.05, 4.69) is 11.9 Å². The normalized spacial score (nSPS) is 18.4. The molecule has 0 fully saturated rings. The molecular formula is C12H18Cl2N2O. The van der Waals surface area contributed by atoms with E-state index in [0.29, 0.717) is 18.2 Å². The molecule has 1 atom stereocenters. The van der Waals surface area contributed by atoms with Crippen LogP contribution in [0.2, 0.25) is 0 Å². The molecule has 0 bridgehead atoms. The quantitative estimate of drug-likeness (QED) is 0.778. The molecular weight excluding hydrogens is 259 g/mol. The van der Waals surface area contributed by atoms with E-state index in [1.807, 2.05) is 11.5 Å². The number of fused-ring (bicyclic) bond motifs is 1. The number of hydrogen-bond donors (Lipinski definition) is 0. The Labute approximate surface area is 113 Å². The number of halogens is 2. The first-order chi connectivity index (χ1) is 7.63. The van der Waals surface area contributed by atoms with Gasteiger partial charge in [-0.25, -0.2) is 4.98 Å². The first-order valence-electron chi connectivity index (χ1n) is 5.78. The molecule has 0 saturated heterocycles. The van der Waals surface area contributed by atoms with E-state index in [0.717, 1.165) is 36.5 Å². The van der Waals surface area contributed by atoms with Crippen LogP contribution in [0.3, 0.4) is 0 Å². The van der Waals surface area contributed by atoms with Crippen LogP contribution in [-0.2, 0) is 19.4 Å². The largest absolute Gasteiger partial charge is 0.296 e. The molecule has 2 rings (SSSR count). The average Bonchev–Trinajstić information content (AvgIpc) is 2.26. The van der Waals surface area contributed by atoms with Crippen molar-refractivity contribution in [3.63, 3.8) is 0 Å². The molecule has 0 saturated carbocycles. The molecule has 17 heavy (non-hydrogen) atoms. The van der Waals surface area contributed by atoms with Gasteiger partial charge in [-0.3, -0.25) is 9.36 Å². The predicted octanol–water partition coefficient (Wildman–Crippen LogP) is 2.34. The Kier molecular flexibility index (Phi) is 5.02. The minimum atomic E-state index is 0. The minimum Gasteiger partial charge on any atom is -0.296 e. The van der Waals surface area contributed by atoms with Crippen LogP contribution >= 0.6 is 24.0 Å². The van der Waals surface area contributed by atoms with Gasteiger partial charge in [-0.2, -0.15) is 0 Å². The lowest BCUT2D eigenvalue weighted by Crippen LogP contribution is -2.34. The molecule has 0 spiro atoms. The fourth-order valence-electron chi connectivity index (χ4n) is 2.30. The van der Waals surface area contributed by atoms with Crippen molar-refractivity contribution in [1.29, 1.82) is 0 Å².